The highest BCUT2D eigenvalue weighted by molar-refractivity contribution is 7.92. The van der Waals surface area contributed by atoms with Crippen LogP contribution in [0.25, 0.3) is 16.8 Å². The quantitative estimate of drug-likeness (QED) is 0.602. The summed E-state index contributed by atoms with van der Waals surface area (Å²) in [4.78, 5) is 4.11. The fourth-order valence-electron chi connectivity index (χ4n) is 2.80. The molecule has 0 aliphatic carbocycles. The summed E-state index contributed by atoms with van der Waals surface area (Å²) in [6.07, 6.45) is 4.55. The van der Waals surface area contributed by atoms with Crippen LogP contribution in [0.5, 0.6) is 0 Å². The lowest BCUT2D eigenvalue weighted by Gasteiger charge is -2.22. The Bertz CT molecular complexity index is 1090. The van der Waals surface area contributed by atoms with Crippen LogP contribution < -0.4 is 4.31 Å². The van der Waals surface area contributed by atoms with Crippen molar-refractivity contribution in [3.05, 3.63) is 42.6 Å². The Labute approximate surface area is 161 Å². The average molecular weight is 407 g/mol. The maximum atomic E-state index is 12.7. The van der Waals surface area contributed by atoms with E-state index in [1.165, 1.54) is 10.6 Å². The number of nitrogens with zero attached hydrogens (tertiary/aromatic N) is 4. The molecule has 3 rings (SSSR count). The van der Waals surface area contributed by atoms with Crippen molar-refractivity contribution in [2.75, 3.05) is 23.4 Å². The Kier molecular flexibility index (Phi) is 5.61. The molecule has 0 radical (unpaired) electrons. The first kappa shape index (κ1) is 19.5. The van der Waals surface area contributed by atoms with Crippen molar-refractivity contribution in [3.63, 3.8) is 0 Å². The van der Waals surface area contributed by atoms with Gasteiger partial charge in [-0.15, -0.1) is 5.10 Å². The number of rotatable bonds is 7. The van der Waals surface area contributed by atoms with E-state index in [1.807, 2.05) is 37.3 Å². The molecule has 3 aromatic rings. The van der Waals surface area contributed by atoms with E-state index in [9.17, 15) is 12.6 Å². The minimum atomic E-state index is -3.42. The van der Waals surface area contributed by atoms with Crippen LogP contribution in [0.3, 0.4) is 0 Å². The maximum Gasteiger partial charge on any atom is 0.237 e. The molecule has 2 heterocycles. The SMILES string of the molecule is CCCCS(=O)(=O)N(C)c1ccccc1-c1ccc2cnc(S(C)=O)nn12. The number of hydrogen-bond donors (Lipinski definition) is 0. The zero-order valence-electron chi connectivity index (χ0n) is 15.5. The minimum Gasteiger partial charge on any atom is -0.273 e. The van der Waals surface area contributed by atoms with E-state index in [2.05, 4.69) is 10.1 Å². The lowest BCUT2D eigenvalue weighted by atomic mass is 10.1. The number of anilines is 1. The topological polar surface area (TPSA) is 84.6 Å². The first-order chi connectivity index (χ1) is 12.8. The molecule has 2 aromatic heterocycles. The number of aromatic nitrogens is 3. The van der Waals surface area contributed by atoms with Crippen LogP contribution in [-0.4, -0.2) is 46.3 Å². The van der Waals surface area contributed by atoms with Gasteiger partial charge in [-0.1, -0.05) is 31.5 Å². The van der Waals surface area contributed by atoms with Crippen LogP contribution in [0.2, 0.25) is 0 Å². The number of para-hydroxylation sites is 1. The highest BCUT2D eigenvalue weighted by Crippen LogP contribution is 2.32. The minimum absolute atomic E-state index is 0.102. The summed E-state index contributed by atoms with van der Waals surface area (Å²) >= 11 is 0. The smallest absolute Gasteiger partial charge is 0.237 e. The summed E-state index contributed by atoms with van der Waals surface area (Å²) in [5.41, 5.74) is 2.76. The third-order valence-corrected chi connectivity index (χ3v) is 6.86. The van der Waals surface area contributed by atoms with E-state index in [0.29, 0.717) is 17.8 Å². The maximum absolute atomic E-state index is 12.7. The highest BCUT2D eigenvalue weighted by Gasteiger charge is 2.22. The van der Waals surface area contributed by atoms with Crippen molar-refractivity contribution in [1.82, 2.24) is 14.6 Å². The van der Waals surface area contributed by atoms with Crippen molar-refractivity contribution in [2.45, 2.75) is 24.9 Å². The summed E-state index contributed by atoms with van der Waals surface area (Å²) in [6.45, 7) is 1.96. The van der Waals surface area contributed by atoms with Crippen LogP contribution in [0, 0.1) is 0 Å². The van der Waals surface area contributed by atoms with E-state index in [0.717, 1.165) is 17.5 Å². The molecule has 0 saturated carbocycles. The summed E-state index contributed by atoms with van der Waals surface area (Å²) < 4.78 is 40.1. The predicted octanol–water partition coefficient (Wildman–Crippen LogP) is 2.70. The summed E-state index contributed by atoms with van der Waals surface area (Å²) in [5, 5.41) is 4.58. The first-order valence-corrected chi connectivity index (χ1v) is 11.8. The number of unbranched alkanes of at least 4 members (excludes halogenated alkanes) is 1. The molecule has 0 N–H and O–H groups in total. The van der Waals surface area contributed by atoms with Gasteiger partial charge in [-0.2, -0.15) is 0 Å². The van der Waals surface area contributed by atoms with Crippen molar-refractivity contribution in [2.24, 2.45) is 0 Å². The Balaban J connectivity index is 2.13. The predicted molar refractivity (Wildman–Crippen MR) is 108 cm³/mol. The van der Waals surface area contributed by atoms with Gasteiger partial charge in [-0.3, -0.25) is 8.51 Å². The molecular formula is C18H22N4O3S2. The monoisotopic (exact) mass is 406 g/mol. The van der Waals surface area contributed by atoms with Crippen LogP contribution in [0.1, 0.15) is 19.8 Å². The van der Waals surface area contributed by atoms with Crippen molar-refractivity contribution in [3.8, 4) is 11.3 Å². The van der Waals surface area contributed by atoms with Gasteiger partial charge in [-0.25, -0.2) is 17.9 Å². The number of hydrogen-bond acceptors (Lipinski definition) is 5. The molecule has 0 bridgehead atoms. The fraction of sp³-hybridized carbons (Fsp3) is 0.333. The summed E-state index contributed by atoms with van der Waals surface area (Å²) in [6, 6.07) is 11.0. The molecule has 144 valence electrons. The zero-order valence-corrected chi connectivity index (χ0v) is 17.1. The molecule has 27 heavy (non-hydrogen) atoms. The van der Waals surface area contributed by atoms with E-state index < -0.39 is 20.8 Å². The lowest BCUT2D eigenvalue weighted by molar-refractivity contribution is 0.591. The number of benzene rings is 1. The van der Waals surface area contributed by atoms with Gasteiger partial charge in [0.25, 0.3) is 0 Å². The second kappa shape index (κ2) is 7.77. The summed E-state index contributed by atoms with van der Waals surface area (Å²) in [7, 11) is -3.17. The van der Waals surface area contributed by atoms with Crippen LogP contribution in [0.15, 0.2) is 47.8 Å². The van der Waals surface area contributed by atoms with Crippen LogP contribution in [-0.2, 0) is 20.8 Å². The highest BCUT2D eigenvalue weighted by atomic mass is 32.2. The van der Waals surface area contributed by atoms with E-state index in [1.54, 1.807) is 23.8 Å². The standard InChI is InChI=1S/C18H22N4O3S2/c1-4-5-12-27(24,25)21(2)16-9-7-6-8-15(16)17-11-10-14-13-19-18(26(3)23)20-22(14)17/h6-11,13H,4-5,12H2,1-3H3. The summed E-state index contributed by atoms with van der Waals surface area (Å²) in [5.74, 6) is 0.102. The molecule has 0 aliphatic rings. The molecule has 0 aliphatic heterocycles. The number of fused-ring (bicyclic) bond motifs is 1. The normalized spacial score (nSPS) is 13.0. The van der Waals surface area contributed by atoms with E-state index in [4.69, 9.17) is 0 Å². The molecule has 0 amide bonds. The van der Waals surface area contributed by atoms with Gasteiger partial charge in [0.1, 0.15) is 0 Å². The van der Waals surface area contributed by atoms with Gasteiger partial charge < -0.3 is 0 Å². The molecule has 7 nitrogen and oxygen atoms in total. The zero-order chi connectivity index (χ0) is 19.6. The van der Waals surface area contributed by atoms with Gasteiger partial charge in [0.15, 0.2) is 0 Å². The molecule has 1 unspecified atom stereocenters. The van der Waals surface area contributed by atoms with Gasteiger partial charge in [0, 0.05) is 18.9 Å². The van der Waals surface area contributed by atoms with Gasteiger partial charge in [0.2, 0.25) is 15.2 Å². The van der Waals surface area contributed by atoms with Crippen LogP contribution in [0.4, 0.5) is 5.69 Å². The van der Waals surface area contributed by atoms with Gasteiger partial charge >= 0.3 is 0 Å². The van der Waals surface area contributed by atoms with Crippen molar-refractivity contribution in [1.29, 1.82) is 0 Å². The molecule has 1 aromatic carbocycles. The molecular weight excluding hydrogens is 384 g/mol. The van der Waals surface area contributed by atoms with Crippen LogP contribution >= 0.6 is 0 Å². The third kappa shape index (κ3) is 3.89. The molecule has 0 spiro atoms. The van der Waals surface area contributed by atoms with Crippen molar-refractivity contribution < 1.29 is 12.6 Å². The lowest BCUT2D eigenvalue weighted by Crippen LogP contribution is -2.29. The average Bonchev–Trinajstić information content (AvgIpc) is 3.08. The third-order valence-electron chi connectivity index (χ3n) is 4.33. The second-order valence-corrected chi connectivity index (χ2v) is 9.60. The Morgan fingerprint density at radius 2 is 1.93 bits per heavy atom. The van der Waals surface area contributed by atoms with E-state index >= 15 is 0 Å². The first-order valence-electron chi connectivity index (χ1n) is 8.59. The molecule has 0 fully saturated rings. The number of sulfonamides is 1. The van der Waals surface area contributed by atoms with Gasteiger partial charge in [0.05, 0.1) is 39.6 Å². The largest absolute Gasteiger partial charge is 0.273 e. The van der Waals surface area contributed by atoms with E-state index in [-0.39, 0.29) is 10.9 Å². The molecule has 9 heteroatoms. The Hall–Kier alpha value is -2.26. The second-order valence-electron chi connectivity index (χ2n) is 6.20. The Morgan fingerprint density at radius 1 is 1.19 bits per heavy atom. The Morgan fingerprint density at radius 3 is 2.63 bits per heavy atom. The van der Waals surface area contributed by atoms with Gasteiger partial charge in [-0.05, 0) is 24.6 Å². The van der Waals surface area contributed by atoms with Crippen molar-refractivity contribution >= 4 is 32.0 Å². The molecule has 1 atom stereocenters. The molecule has 0 saturated heterocycles. The fourth-order valence-corrected chi connectivity index (χ4v) is 4.58.